The van der Waals surface area contributed by atoms with Crippen LogP contribution in [0.5, 0.6) is 0 Å². The molecule has 0 spiro atoms. The number of aromatic nitrogens is 2. The molecule has 1 aliphatic rings. The van der Waals surface area contributed by atoms with Crippen molar-refractivity contribution in [2.75, 3.05) is 5.32 Å². The minimum atomic E-state index is 0.0132. The summed E-state index contributed by atoms with van der Waals surface area (Å²) in [5, 5.41) is 7.53. The average molecular weight is 263 g/mol. The molecule has 0 amide bonds. The lowest BCUT2D eigenvalue weighted by molar-refractivity contribution is 0.509. The Balaban J connectivity index is 1.72. The minimum Gasteiger partial charge on any atom is -0.381 e. The van der Waals surface area contributed by atoms with E-state index in [1.807, 2.05) is 0 Å². The van der Waals surface area contributed by atoms with Gasteiger partial charge in [-0.3, -0.25) is 4.79 Å². The molecule has 0 saturated heterocycles. The fraction of sp³-hybridized carbons (Fsp3) is 0.733. The van der Waals surface area contributed by atoms with E-state index in [0.29, 0.717) is 6.04 Å². The predicted octanol–water partition coefficient (Wildman–Crippen LogP) is 3.18. The van der Waals surface area contributed by atoms with Gasteiger partial charge in [0.15, 0.2) is 0 Å². The Morgan fingerprint density at radius 2 is 2.00 bits per heavy atom. The second kappa shape index (κ2) is 7.31. The summed E-state index contributed by atoms with van der Waals surface area (Å²) in [6.45, 7) is 2.97. The van der Waals surface area contributed by atoms with Gasteiger partial charge in [-0.1, -0.05) is 39.0 Å². The molecule has 1 heterocycles. The standard InChI is InChI=1S/C15H25N3O/c1-2-3-4-5-6-7-10-18-15(19)11-14(12-16-18)17-13-8-9-13/h11-13,17H,2-10H2,1H3. The molecule has 0 aromatic carbocycles. The minimum absolute atomic E-state index is 0.0132. The second-order valence-corrected chi connectivity index (χ2v) is 5.49. The normalized spacial score (nSPS) is 14.6. The number of nitrogens with one attached hydrogen (secondary N) is 1. The van der Waals surface area contributed by atoms with Crippen molar-refractivity contribution < 1.29 is 0 Å². The largest absolute Gasteiger partial charge is 0.381 e. The Bertz CT molecular complexity index is 437. The first-order valence-corrected chi connectivity index (χ1v) is 7.63. The second-order valence-electron chi connectivity index (χ2n) is 5.49. The molecule has 1 saturated carbocycles. The van der Waals surface area contributed by atoms with Crippen LogP contribution in [0.1, 0.15) is 58.3 Å². The van der Waals surface area contributed by atoms with Crippen LogP contribution in [0.15, 0.2) is 17.1 Å². The zero-order valence-corrected chi connectivity index (χ0v) is 11.9. The molecule has 1 N–H and O–H groups in total. The van der Waals surface area contributed by atoms with Gasteiger partial charge in [0, 0.05) is 18.7 Å². The molecule has 0 bridgehead atoms. The summed E-state index contributed by atoms with van der Waals surface area (Å²) >= 11 is 0. The van der Waals surface area contributed by atoms with Gasteiger partial charge in [0.1, 0.15) is 0 Å². The van der Waals surface area contributed by atoms with E-state index in [-0.39, 0.29) is 5.56 Å². The summed E-state index contributed by atoms with van der Waals surface area (Å²) in [5.41, 5.74) is 0.880. The molecule has 1 fully saturated rings. The highest BCUT2D eigenvalue weighted by Crippen LogP contribution is 2.23. The average Bonchev–Trinajstić information content (AvgIpc) is 3.20. The Kier molecular flexibility index (Phi) is 5.43. The lowest BCUT2D eigenvalue weighted by Gasteiger charge is -2.07. The third kappa shape index (κ3) is 5.05. The van der Waals surface area contributed by atoms with Crippen LogP contribution in [-0.4, -0.2) is 15.8 Å². The van der Waals surface area contributed by atoms with Gasteiger partial charge in [0.25, 0.3) is 5.56 Å². The summed E-state index contributed by atoms with van der Waals surface area (Å²) < 4.78 is 1.58. The molecule has 0 aliphatic heterocycles. The lowest BCUT2D eigenvalue weighted by atomic mass is 10.1. The van der Waals surface area contributed by atoms with E-state index in [2.05, 4.69) is 17.3 Å². The number of aryl methyl sites for hydroxylation is 1. The summed E-state index contributed by atoms with van der Waals surface area (Å²) in [4.78, 5) is 11.9. The topological polar surface area (TPSA) is 46.9 Å². The molecular weight excluding hydrogens is 238 g/mol. The van der Waals surface area contributed by atoms with Crippen LogP contribution in [0.2, 0.25) is 0 Å². The molecule has 106 valence electrons. The van der Waals surface area contributed by atoms with Crippen LogP contribution in [0.25, 0.3) is 0 Å². The fourth-order valence-corrected chi connectivity index (χ4v) is 2.19. The van der Waals surface area contributed by atoms with Crippen molar-refractivity contribution in [2.45, 2.75) is 70.9 Å². The van der Waals surface area contributed by atoms with E-state index in [1.165, 1.54) is 44.9 Å². The molecular formula is C15H25N3O. The van der Waals surface area contributed by atoms with Crippen LogP contribution in [-0.2, 0) is 6.54 Å². The molecule has 1 aromatic heterocycles. The van der Waals surface area contributed by atoms with Gasteiger partial charge in [-0.05, 0) is 19.3 Å². The van der Waals surface area contributed by atoms with Crippen LogP contribution in [0.3, 0.4) is 0 Å². The Morgan fingerprint density at radius 3 is 2.68 bits per heavy atom. The highest BCUT2D eigenvalue weighted by Gasteiger charge is 2.20. The first-order valence-electron chi connectivity index (χ1n) is 7.63. The van der Waals surface area contributed by atoms with Gasteiger partial charge < -0.3 is 5.32 Å². The van der Waals surface area contributed by atoms with Gasteiger partial charge in [-0.2, -0.15) is 5.10 Å². The van der Waals surface area contributed by atoms with Gasteiger partial charge in [0.05, 0.1) is 11.9 Å². The van der Waals surface area contributed by atoms with E-state index < -0.39 is 0 Å². The number of anilines is 1. The predicted molar refractivity (Wildman–Crippen MR) is 78.5 cm³/mol. The molecule has 0 radical (unpaired) electrons. The number of unbranched alkanes of at least 4 members (excludes halogenated alkanes) is 5. The molecule has 2 rings (SSSR count). The number of nitrogens with zero attached hydrogens (tertiary/aromatic N) is 2. The summed E-state index contributed by atoms with van der Waals surface area (Å²) in [5.74, 6) is 0. The highest BCUT2D eigenvalue weighted by molar-refractivity contribution is 5.41. The summed E-state index contributed by atoms with van der Waals surface area (Å²) in [6, 6.07) is 2.23. The van der Waals surface area contributed by atoms with E-state index >= 15 is 0 Å². The van der Waals surface area contributed by atoms with Crippen molar-refractivity contribution in [3.8, 4) is 0 Å². The van der Waals surface area contributed by atoms with Crippen LogP contribution in [0, 0.1) is 0 Å². The highest BCUT2D eigenvalue weighted by atomic mass is 16.1. The van der Waals surface area contributed by atoms with E-state index in [9.17, 15) is 4.79 Å². The van der Waals surface area contributed by atoms with Crippen molar-refractivity contribution in [1.29, 1.82) is 0 Å². The fourth-order valence-electron chi connectivity index (χ4n) is 2.19. The van der Waals surface area contributed by atoms with Gasteiger partial charge in [-0.15, -0.1) is 0 Å². The maximum atomic E-state index is 11.9. The third-order valence-corrected chi connectivity index (χ3v) is 3.54. The number of hydrogen-bond donors (Lipinski definition) is 1. The van der Waals surface area contributed by atoms with Gasteiger partial charge >= 0.3 is 0 Å². The Morgan fingerprint density at radius 1 is 1.26 bits per heavy atom. The lowest BCUT2D eigenvalue weighted by Crippen LogP contribution is -2.22. The van der Waals surface area contributed by atoms with Crippen LogP contribution in [0.4, 0.5) is 5.69 Å². The van der Waals surface area contributed by atoms with Crippen molar-refractivity contribution in [3.63, 3.8) is 0 Å². The van der Waals surface area contributed by atoms with E-state index in [4.69, 9.17) is 0 Å². The maximum Gasteiger partial charge on any atom is 0.268 e. The van der Waals surface area contributed by atoms with Crippen molar-refractivity contribution in [1.82, 2.24) is 9.78 Å². The monoisotopic (exact) mass is 263 g/mol. The molecule has 1 aromatic rings. The molecule has 0 atom stereocenters. The summed E-state index contributed by atoms with van der Waals surface area (Å²) in [6.07, 6.45) is 11.6. The van der Waals surface area contributed by atoms with Crippen molar-refractivity contribution in [2.24, 2.45) is 0 Å². The molecule has 4 heteroatoms. The van der Waals surface area contributed by atoms with Crippen LogP contribution < -0.4 is 10.9 Å². The maximum absolute atomic E-state index is 11.9. The molecule has 1 aliphatic carbocycles. The number of hydrogen-bond acceptors (Lipinski definition) is 3. The smallest absolute Gasteiger partial charge is 0.268 e. The quantitative estimate of drug-likeness (QED) is 0.696. The first kappa shape index (κ1) is 14.1. The van der Waals surface area contributed by atoms with Gasteiger partial charge in [0.2, 0.25) is 0 Å². The van der Waals surface area contributed by atoms with E-state index in [0.717, 1.165) is 18.7 Å². The molecule has 4 nitrogen and oxygen atoms in total. The SMILES string of the molecule is CCCCCCCCn1ncc(NC2CC2)cc1=O. The number of rotatable bonds is 9. The molecule has 0 unspecified atom stereocenters. The van der Waals surface area contributed by atoms with E-state index in [1.54, 1.807) is 16.9 Å². The Hall–Kier alpha value is -1.32. The summed E-state index contributed by atoms with van der Waals surface area (Å²) in [7, 11) is 0. The molecule has 19 heavy (non-hydrogen) atoms. The zero-order valence-electron chi connectivity index (χ0n) is 11.9. The third-order valence-electron chi connectivity index (χ3n) is 3.54. The van der Waals surface area contributed by atoms with Crippen molar-refractivity contribution in [3.05, 3.63) is 22.6 Å². The zero-order chi connectivity index (χ0) is 13.5. The van der Waals surface area contributed by atoms with Crippen LogP contribution >= 0.6 is 0 Å². The van der Waals surface area contributed by atoms with Crippen molar-refractivity contribution >= 4 is 5.69 Å². The van der Waals surface area contributed by atoms with Gasteiger partial charge in [-0.25, -0.2) is 4.68 Å². The Labute approximate surface area is 115 Å². The first-order chi connectivity index (χ1) is 9.29.